The molecule has 1 saturated heterocycles. The summed E-state index contributed by atoms with van der Waals surface area (Å²) in [5.41, 5.74) is 0.639. The Kier molecular flexibility index (Phi) is 4.29. The number of halogens is 3. The molecule has 96 valence electrons. The van der Waals surface area contributed by atoms with Gasteiger partial charge in [0.1, 0.15) is 6.04 Å². The van der Waals surface area contributed by atoms with Gasteiger partial charge in [0.15, 0.2) is 0 Å². The Morgan fingerprint density at radius 2 is 1.94 bits per heavy atom. The minimum atomic E-state index is -0.453. The van der Waals surface area contributed by atoms with Gasteiger partial charge in [0.2, 0.25) is 11.8 Å². The Morgan fingerprint density at radius 3 is 2.61 bits per heavy atom. The predicted molar refractivity (Wildman–Crippen MR) is 76.6 cm³/mol. The Hall–Kier alpha value is -0.590. The van der Waals surface area contributed by atoms with Gasteiger partial charge in [-0.25, -0.2) is 0 Å². The number of amides is 2. The van der Waals surface area contributed by atoms with Gasteiger partial charge < -0.3 is 5.32 Å². The monoisotopic (exact) mass is 394 g/mol. The summed E-state index contributed by atoms with van der Waals surface area (Å²) >= 11 is 12.9. The van der Waals surface area contributed by atoms with E-state index in [2.05, 4.69) is 42.5 Å². The number of carbonyl (C=O) groups is 2. The fraction of sp³-hybridized carbons (Fsp3) is 0.273. The van der Waals surface area contributed by atoms with Gasteiger partial charge in [-0.2, -0.15) is 0 Å². The molecule has 1 aliphatic heterocycles. The standard InChI is InChI=1S/C11H9Br2ClN2O2/c12-5-1-2-6(13)10(9(5)14)15-7-3-4-8(17)16-11(7)18/h1-2,7,15H,3-4H2,(H,16,17,18). The van der Waals surface area contributed by atoms with E-state index in [1.807, 2.05) is 12.1 Å². The zero-order chi connectivity index (χ0) is 13.3. The van der Waals surface area contributed by atoms with Crippen LogP contribution in [0.25, 0.3) is 0 Å². The summed E-state index contributed by atoms with van der Waals surface area (Å²) < 4.78 is 1.50. The predicted octanol–water partition coefficient (Wildman–Crippen LogP) is 3.08. The molecule has 0 spiro atoms. The maximum Gasteiger partial charge on any atom is 0.249 e. The van der Waals surface area contributed by atoms with Crippen LogP contribution in [0.2, 0.25) is 5.02 Å². The topological polar surface area (TPSA) is 58.2 Å². The molecule has 1 aromatic rings. The summed E-state index contributed by atoms with van der Waals surface area (Å²) in [4.78, 5) is 22.7. The second-order valence-electron chi connectivity index (χ2n) is 3.87. The van der Waals surface area contributed by atoms with E-state index in [1.165, 1.54) is 0 Å². The molecule has 4 nitrogen and oxygen atoms in total. The van der Waals surface area contributed by atoms with E-state index in [1.54, 1.807) is 0 Å². The van der Waals surface area contributed by atoms with E-state index >= 15 is 0 Å². The van der Waals surface area contributed by atoms with Gasteiger partial charge in [0.05, 0.1) is 10.7 Å². The fourth-order valence-electron chi connectivity index (χ4n) is 1.66. The zero-order valence-corrected chi connectivity index (χ0v) is 13.0. The molecule has 0 saturated carbocycles. The summed E-state index contributed by atoms with van der Waals surface area (Å²) in [6.45, 7) is 0. The summed E-state index contributed by atoms with van der Waals surface area (Å²) in [6, 6.07) is 3.18. The van der Waals surface area contributed by atoms with Crippen molar-refractivity contribution in [1.82, 2.24) is 5.32 Å². The number of imide groups is 1. The highest BCUT2D eigenvalue weighted by molar-refractivity contribution is 9.11. The maximum atomic E-state index is 11.7. The number of nitrogens with one attached hydrogen (secondary N) is 2. The Labute approximate surface area is 126 Å². The van der Waals surface area contributed by atoms with Gasteiger partial charge in [-0.1, -0.05) is 11.6 Å². The molecule has 0 bridgehead atoms. The number of carbonyl (C=O) groups excluding carboxylic acids is 2. The van der Waals surface area contributed by atoms with Crippen molar-refractivity contribution in [3.8, 4) is 0 Å². The van der Waals surface area contributed by atoms with Crippen molar-refractivity contribution < 1.29 is 9.59 Å². The number of piperidine rings is 1. The highest BCUT2D eigenvalue weighted by atomic mass is 79.9. The minimum Gasteiger partial charge on any atom is -0.371 e. The van der Waals surface area contributed by atoms with Crippen LogP contribution in [0.5, 0.6) is 0 Å². The number of rotatable bonds is 2. The van der Waals surface area contributed by atoms with Crippen LogP contribution >= 0.6 is 43.5 Å². The van der Waals surface area contributed by atoms with Crippen molar-refractivity contribution in [2.24, 2.45) is 0 Å². The third-order valence-electron chi connectivity index (χ3n) is 2.60. The molecule has 7 heteroatoms. The smallest absolute Gasteiger partial charge is 0.249 e. The second-order valence-corrected chi connectivity index (χ2v) is 5.95. The van der Waals surface area contributed by atoms with Crippen molar-refractivity contribution in [3.05, 3.63) is 26.1 Å². The van der Waals surface area contributed by atoms with Crippen molar-refractivity contribution >= 4 is 61.0 Å². The molecule has 2 N–H and O–H groups in total. The largest absolute Gasteiger partial charge is 0.371 e. The highest BCUT2D eigenvalue weighted by Gasteiger charge is 2.27. The molecule has 2 rings (SSSR count). The lowest BCUT2D eigenvalue weighted by molar-refractivity contribution is -0.133. The summed E-state index contributed by atoms with van der Waals surface area (Å²) in [6.07, 6.45) is 0.784. The molecule has 1 aromatic carbocycles. The molecule has 0 aliphatic carbocycles. The lowest BCUT2D eigenvalue weighted by Gasteiger charge is -2.24. The molecule has 0 aromatic heterocycles. The summed E-state index contributed by atoms with van der Waals surface area (Å²) in [5.74, 6) is -0.563. The molecule has 0 radical (unpaired) electrons. The Morgan fingerprint density at radius 1 is 1.28 bits per heavy atom. The van der Waals surface area contributed by atoms with E-state index in [0.717, 1.165) is 8.95 Å². The van der Waals surface area contributed by atoms with E-state index in [-0.39, 0.29) is 11.8 Å². The van der Waals surface area contributed by atoms with Gasteiger partial charge in [-0.3, -0.25) is 14.9 Å². The first-order chi connectivity index (χ1) is 8.49. The van der Waals surface area contributed by atoms with Gasteiger partial charge in [0, 0.05) is 15.4 Å². The van der Waals surface area contributed by atoms with Gasteiger partial charge in [-0.05, 0) is 50.4 Å². The van der Waals surface area contributed by atoms with Gasteiger partial charge in [-0.15, -0.1) is 0 Å². The van der Waals surface area contributed by atoms with E-state index in [4.69, 9.17) is 11.6 Å². The Balaban J connectivity index is 2.22. The highest BCUT2D eigenvalue weighted by Crippen LogP contribution is 2.37. The normalized spacial score (nSPS) is 19.6. The van der Waals surface area contributed by atoms with Crippen LogP contribution in [0.15, 0.2) is 21.1 Å². The number of anilines is 1. The number of benzene rings is 1. The summed E-state index contributed by atoms with van der Waals surface area (Å²) in [5, 5.41) is 5.84. The first-order valence-electron chi connectivity index (χ1n) is 5.23. The lowest BCUT2D eigenvalue weighted by Crippen LogP contribution is -2.47. The third-order valence-corrected chi connectivity index (χ3v) is 4.54. The van der Waals surface area contributed by atoms with Crippen LogP contribution in [0.3, 0.4) is 0 Å². The summed E-state index contributed by atoms with van der Waals surface area (Å²) in [7, 11) is 0. The molecule has 1 aliphatic rings. The lowest BCUT2D eigenvalue weighted by atomic mass is 10.1. The average molecular weight is 396 g/mol. The number of hydrogen-bond acceptors (Lipinski definition) is 3. The fourth-order valence-corrected chi connectivity index (χ4v) is 2.77. The van der Waals surface area contributed by atoms with Crippen LogP contribution in [0, 0.1) is 0 Å². The van der Waals surface area contributed by atoms with Crippen LogP contribution in [0.4, 0.5) is 5.69 Å². The molecule has 1 heterocycles. The third kappa shape index (κ3) is 2.87. The first-order valence-corrected chi connectivity index (χ1v) is 7.19. The maximum absolute atomic E-state index is 11.7. The van der Waals surface area contributed by atoms with Crippen LogP contribution in [-0.2, 0) is 9.59 Å². The van der Waals surface area contributed by atoms with Gasteiger partial charge in [0.25, 0.3) is 0 Å². The molecular weight excluding hydrogens is 387 g/mol. The first kappa shape index (κ1) is 13.8. The molecular formula is C11H9Br2ClN2O2. The van der Waals surface area contributed by atoms with Crippen molar-refractivity contribution in [3.63, 3.8) is 0 Å². The zero-order valence-electron chi connectivity index (χ0n) is 9.10. The molecule has 1 unspecified atom stereocenters. The SMILES string of the molecule is O=C1CCC(Nc2c(Br)ccc(Br)c2Cl)C(=O)N1. The number of hydrogen-bond donors (Lipinski definition) is 2. The quantitative estimate of drug-likeness (QED) is 0.597. The van der Waals surface area contributed by atoms with Crippen molar-refractivity contribution in [2.75, 3.05) is 5.32 Å². The Bertz CT molecular complexity index is 522. The molecule has 2 amide bonds. The van der Waals surface area contributed by atoms with E-state index in [0.29, 0.717) is 23.6 Å². The molecule has 18 heavy (non-hydrogen) atoms. The van der Waals surface area contributed by atoms with E-state index < -0.39 is 6.04 Å². The molecule has 1 fully saturated rings. The van der Waals surface area contributed by atoms with Crippen LogP contribution in [-0.4, -0.2) is 17.9 Å². The minimum absolute atomic E-state index is 0.238. The van der Waals surface area contributed by atoms with Crippen LogP contribution in [0.1, 0.15) is 12.8 Å². The second kappa shape index (κ2) is 5.59. The molecule has 1 atom stereocenters. The van der Waals surface area contributed by atoms with Crippen molar-refractivity contribution in [1.29, 1.82) is 0 Å². The van der Waals surface area contributed by atoms with E-state index in [9.17, 15) is 9.59 Å². The van der Waals surface area contributed by atoms with Gasteiger partial charge >= 0.3 is 0 Å². The van der Waals surface area contributed by atoms with Crippen LogP contribution < -0.4 is 10.6 Å². The van der Waals surface area contributed by atoms with Crippen molar-refractivity contribution in [2.45, 2.75) is 18.9 Å². The average Bonchev–Trinajstić information content (AvgIpc) is 2.32.